The van der Waals surface area contributed by atoms with Crippen LogP contribution in [-0.4, -0.2) is 88.5 Å². The van der Waals surface area contributed by atoms with Gasteiger partial charge in [-0.1, -0.05) is 64.4 Å². The van der Waals surface area contributed by atoms with Gasteiger partial charge in [0.1, 0.15) is 24.2 Å². The average molecular weight is 677 g/mol. The lowest BCUT2D eigenvalue weighted by molar-refractivity contribution is -0.144. The molecule has 16 heteroatoms. The Kier molecular flexibility index (Phi) is 18.2. The second-order valence-corrected chi connectivity index (χ2v) is 12.2. The molecular formula is C32H52N8O8. The Morgan fingerprint density at radius 1 is 0.792 bits per heavy atom. The maximum absolute atomic E-state index is 13.5. The quantitative estimate of drug-likeness (QED) is 0.0432. The smallest absolute Gasteiger partial charge is 0.326 e. The summed E-state index contributed by atoms with van der Waals surface area (Å²) in [6, 6.07) is 3.08. The number of guanidine groups is 1. The maximum atomic E-state index is 13.5. The third kappa shape index (κ3) is 15.7. The van der Waals surface area contributed by atoms with Crippen LogP contribution >= 0.6 is 0 Å². The van der Waals surface area contributed by atoms with Crippen molar-refractivity contribution in [2.75, 3.05) is 6.54 Å². The fraction of sp³-hybridized carbons (Fsp3) is 0.594. The van der Waals surface area contributed by atoms with Crippen molar-refractivity contribution in [1.29, 1.82) is 0 Å². The predicted molar refractivity (Wildman–Crippen MR) is 179 cm³/mol. The number of nitrogens with two attached hydrogens (primary N) is 3. The van der Waals surface area contributed by atoms with E-state index in [9.17, 15) is 39.0 Å². The Morgan fingerprint density at radius 2 is 1.33 bits per heavy atom. The standard InChI is InChI=1S/C32H52N8O8/c1-5-19(4)26(31(47)48)40-29(45)22(12-9-15-36-32(34)35)37-28(44)23(13-14-25(41)42)38-30(46)24(16-18(2)3)39-27(43)21(33)17-20-10-7-6-8-11-20/h6-8,10-11,18-19,21-24,26H,5,9,12-17,33H2,1-4H3,(H,37,44)(H,38,46)(H,39,43)(H,40,45)(H,41,42)(H,47,48)(H4,34,35,36)/t19-,21-,22-,23-,24-,26-/m0/s1. The zero-order valence-corrected chi connectivity index (χ0v) is 28.1. The minimum Gasteiger partial charge on any atom is -0.481 e. The summed E-state index contributed by atoms with van der Waals surface area (Å²) < 4.78 is 0. The van der Waals surface area contributed by atoms with E-state index >= 15 is 0 Å². The molecule has 4 amide bonds. The summed E-state index contributed by atoms with van der Waals surface area (Å²) in [6.07, 6.45) is 0.228. The van der Waals surface area contributed by atoms with Crippen molar-refractivity contribution in [3.63, 3.8) is 0 Å². The number of rotatable bonds is 22. The van der Waals surface area contributed by atoms with E-state index in [1.165, 1.54) is 0 Å². The molecule has 0 aliphatic heterocycles. The molecule has 1 rings (SSSR count). The highest BCUT2D eigenvalue weighted by molar-refractivity contribution is 5.95. The zero-order chi connectivity index (χ0) is 36.4. The largest absolute Gasteiger partial charge is 0.481 e. The number of carboxylic acid groups (broad SMARTS) is 2. The number of benzene rings is 1. The van der Waals surface area contributed by atoms with Gasteiger partial charge in [0.2, 0.25) is 23.6 Å². The third-order valence-electron chi connectivity index (χ3n) is 7.61. The lowest BCUT2D eigenvalue weighted by atomic mass is 9.98. The van der Waals surface area contributed by atoms with Crippen molar-refractivity contribution in [2.24, 2.45) is 34.0 Å². The van der Waals surface area contributed by atoms with E-state index in [2.05, 4.69) is 26.3 Å². The van der Waals surface area contributed by atoms with Gasteiger partial charge in [-0.25, -0.2) is 4.79 Å². The third-order valence-corrected chi connectivity index (χ3v) is 7.61. The van der Waals surface area contributed by atoms with Crippen molar-refractivity contribution < 1.29 is 39.0 Å². The number of carbonyl (C=O) groups excluding carboxylic acids is 4. The molecule has 0 aliphatic rings. The Morgan fingerprint density at radius 3 is 1.85 bits per heavy atom. The molecule has 1 aromatic carbocycles. The first kappa shape index (κ1) is 41.3. The molecule has 0 fully saturated rings. The lowest BCUT2D eigenvalue weighted by Gasteiger charge is -2.27. The molecule has 16 nitrogen and oxygen atoms in total. The van der Waals surface area contributed by atoms with Crippen LogP contribution in [0.25, 0.3) is 0 Å². The van der Waals surface area contributed by atoms with E-state index in [0.717, 1.165) is 5.56 Å². The molecule has 0 aromatic heterocycles. The Labute approximate surface area is 281 Å². The number of nitrogens with zero attached hydrogens (tertiary/aromatic N) is 1. The van der Waals surface area contributed by atoms with Crippen LogP contribution in [0, 0.1) is 11.8 Å². The van der Waals surface area contributed by atoms with Crippen LogP contribution in [0.4, 0.5) is 0 Å². The van der Waals surface area contributed by atoms with Gasteiger partial charge in [-0.05, 0) is 49.5 Å². The van der Waals surface area contributed by atoms with Gasteiger partial charge in [0.05, 0.1) is 6.04 Å². The monoisotopic (exact) mass is 676 g/mol. The highest BCUT2D eigenvalue weighted by Gasteiger charge is 2.33. The molecule has 0 bridgehead atoms. The molecule has 268 valence electrons. The number of aliphatic imine (C=N–C) groups is 1. The fourth-order valence-corrected chi connectivity index (χ4v) is 4.73. The van der Waals surface area contributed by atoms with E-state index < -0.39 is 78.1 Å². The second kappa shape index (κ2) is 21.2. The van der Waals surface area contributed by atoms with E-state index in [1.807, 2.05) is 44.2 Å². The van der Waals surface area contributed by atoms with Crippen molar-refractivity contribution in [2.45, 2.75) is 103 Å². The van der Waals surface area contributed by atoms with Gasteiger partial charge in [-0.3, -0.25) is 29.0 Å². The van der Waals surface area contributed by atoms with Crippen LogP contribution in [0.1, 0.15) is 71.8 Å². The topological polar surface area (TPSA) is 281 Å². The average Bonchev–Trinajstić information content (AvgIpc) is 3.01. The van der Waals surface area contributed by atoms with Gasteiger partial charge in [-0.2, -0.15) is 0 Å². The summed E-state index contributed by atoms with van der Waals surface area (Å²) in [5, 5.41) is 29.2. The van der Waals surface area contributed by atoms with Crippen molar-refractivity contribution in [3.05, 3.63) is 35.9 Å². The minimum absolute atomic E-state index is 0.00781. The second-order valence-electron chi connectivity index (χ2n) is 12.2. The molecule has 0 unspecified atom stereocenters. The number of amides is 4. The van der Waals surface area contributed by atoms with E-state index in [4.69, 9.17) is 17.2 Å². The van der Waals surface area contributed by atoms with Gasteiger partial charge >= 0.3 is 11.9 Å². The summed E-state index contributed by atoms with van der Waals surface area (Å²) in [4.78, 5) is 80.5. The van der Waals surface area contributed by atoms with Crippen LogP contribution < -0.4 is 38.5 Å². The maximum Gasteiger partial charge on any atom is 0.326 e. The Bertz CT molecular complexity index is 1260. The van der Waals surface area contributed by atoms with E-state index in [0.29, 0.717) is 6.42 Å². The predicted octanol–water partition coefficient (Wildman–Crippen LogP) is -0.409. The van der Waals surface area contributed by atoms with Gasteiger partial charge < -0.3 is 48.7 Å². The van der Waals surface area contributed by atoms with Crippen LogP contribution in [0.2, 0.25) is 0 Å². The van der Waals surface area contributed by atoms with E-state index in [-0.39, 0.29) is 50.5 Å². The first-order chi connectivity index (χ1) is 22.5. The fourth-order valence-electron chi connectivity index (χ4n) is 4.73. The molecule has 0 spiro atoms. The van der Waals surface area contributed by atoms with Gasteiger partial charge in [0, 0.05) is 13.0 Å². The summed E-state index contributed by atoms with van der Waals surface area (Å²) in [5.41, 5.74) is 17.7. The molecule has 0 radical (unpaired) electrons. The number of aliphatic carboxylic acids is 2. The highest BCUT2D eigenvalue weighted by Crippen LogP contribution is 2.11. The molecular weight excluding hydrogens is 624 g/mol. The highest BCUT2D eigenvalue weighted by atomic mass is 16.4. The lowest BCUT2D eigenvalue weighted by Crippen LogP contribution is -2.59. The number of carboxylic acids is 2. The summed E-state index contributed by atoms with van der Waals surface area (Å²) in [5.74, 6) is -6.15. The number of hydrogen-bond acceptors (Lipinski definition) is 8. The molecule has 1 aromatic rings. The van der Waals surface area contributed by atoms with Crippen LogP contribution in [0.5, 0.6) is 0 Å². The Hall–Kier alpha value is -4.73. The van der Waals surface area contributed by atoms with Crippen molar-refractivity contribution in [3.8, 4) is 0 Å². The summed E-state index contributed by atoms with van der Waals surface area (Å²) >= 11 is 0. The minimum atomic E-state index is -1.42. The SMILES string of the molecule is CC[C@H](C)[C@H](NC(=O)[C@H](CCCN=C(N)N)NC(=O)[C@H](CCC(=O)O)NC(=O)[C@H](CC(C)C)NC(=O)[C@@H](N)Cc1ccccc1)C(=O)O. The van der Waals surface area contributed by atoms with Gasteiger partial charge in [0.25, 0.3) is 0 Å². The van der Waals surface area contributed by atoms with Crippen LogP contribution in [0.15, 0.2) is 35.3 Å². The molecule has 0 aliphatic carbocycles. The summed E-state index contributed by atoms with van der Waals surface area (Å²) in [6.45, 7) is 7.20. The number of hydrogen-bond donors (Lipinski definition) is 9. The van der Waals surface area contributed by atoms with Gasteiger partial charge in [0.15, 0.2) is 5.96 Å². The van der Waals surface area contributed by atoms with Crippen molar-refractivity contribution in [1.82, 2.24) is 21.3 Å². The molecule has 48 heavy (non-hydrogen) atoms. The van der Waals surface area contributed by atoms with Crippen LogP contribution in [0.3, 0.4) is 0 Å². The molecule has 0 saturated carbocycles. The number of nitrogens with one attached hydrogen (secondary N) is 4. The Balaban J connectivity index is 3.21. The van der Waals surface area contributed by atoms with Crippen molar-refractivity contribution >= 4 is 41.5 Å². The first-order valence-electron chi connectivity index (χ1n) is 16.1. The molecule has 12 N–H and O–H groups in total. The molecule has 6 atom stereocenters. The summed E-state index contributed by atoms with van der Waals surface area (Å²) in [7, 11) is 0. The zero-order valence-electron chi connectivity index (χ0n) is 28.1. The van der Waals surface area contributed by atoms with Gasteiger partial charge in [-0.15, -0.1) is 0 Å². The molecule has 0 saturated heterocycles. The van der Waals surface area contributed by atoms with E-state index in [1.54, 1.807) is 13.8 Å². The molecule has 0 heterocycles. The number of carbonyl (C=O) groups is 6. The first-order valence-corrected chi connectivity index (χ1v) is 16.1. The van der Waals surface area contributed by atoms with Crippen LogP contribution in [-0.2, 0) is 35.2 Å². The normalized spacial score (nSPS) is 14.7.